The summed E-state index contributed by atoms with van der Waals surface area (Å²) in [5, 5.41) is 0.628. The first-order valence-electron chi connectivity index (χ1n) is 14.9. The molecule has 5 rings (SSSR count). The van der Waals surface area contributed by atoms with Gasteiger partial charge in [0.25, 0.3) is 0 Å². The lowest BCUT2D eigenvalue weighted by Crippen LogP contribution is -2.81. The highest BCUT2D eigenvalue weighted by atomic mass is 32.2. The molecule has 0 atom stereocenters. The van der Waals surface area contributed by atoms with Crippen LogP contribution in [0.25, 0.3) is 0 Å². The molecule has 0 aromatic heterocycles. The smallest absolute Gasteiger partial charge is 0.232 e. The zero-order valence-corrected chi connectivity index (χ0v) is 28.4. The van der Waals surface area contributed by atoms with Crippen LogP contribution in [-0.4, -0.2) is 16.5 Å². The van der Waals surface area contributed by atoms with Crippen LogP contribution >= 0.6 is 0 Å². The van der Waals surface area contributed by atoms with Crippen LogP contribution in [0.5, 0.6) is 0 Å². The van der Waals surface area contributed by atoms with E-state index in [2.05, 4.69) is 0 Å². The van der Waals surface area contributed by atoms with Crippen molar-refractivity contribution in [1.82, 2.24) is 0 Å². The van der Waals surface area contributed by atoms with Gasteiger partial charge in [-0.05, 0) is 26.0 Å². The minimum absolute atomic E-state index is 0.214. The highest BCUT2D eigenvalue weighted by Gasteiger charge is 2.52. The molecule has 0 unspecified atom stereocenters. The SMILES string of the molecule is CC(C)[SH+]C(=O)c1ccccc1.Fc1c(F)c(F)c([B-](c2c(F)c(F)c(F)c(F)c2F)(c2c(F)c(F)c(F)c(F)c2F)c2c(F)c(F)c(F)c(F)c2F)c(F)c1F. The average Bonchev–Trinajstić information content (AvgIpc) is 3.18. The molecule has 0 radical (unpaired) electrons. The van der Waals surface area contributed by atoms with Gasteiger partial charge in [0.05, 0.1) is 17.3 Å². The van der Waals surface area contributed by atoms with Crippen molar-refractivity contribution in [1.29, 1.82) is 0 Å². The van der Waals surface area contributed by atoms with Crippen LogP contribution in [-0.2, 0) is 11.8 Å². The molecule has 5 aromatic carbocycles. The first kappa shape index (κ1) is 44.5. The van der Waals surface area contributed by atoms with Gasteiger partial charge in [-0.3, -0.25) is 0 Å². The molecular formula is C34H13BF20OS. The van der Waals surface area contributed by atoms with Gasteiger partial charge in [0.2, 0.25) is 0 Å². The Morgan fingerprint density at radius 1 is 0.368 bits per heavy atom. The highest BCUT2D eigenvalue weighted by Crippen LogP contribution is 2.30. The van der Waals surface area contributed by atoms with E-state index < -0.39 is 144 Å². The number of carbonyl (C=O) groups is 1. The molecule has 0 amide bonds. The zero-order valence-electron chi connectivity index (χ0n) is 27.5. The van der Waals surface area contributed by atoms with E-state index in [4.69, 9.17) is 0 Å². The fourth-order valence-electron chi connectivity index (χ4n) is 5.76. The molecule has 0 fully saturated rings. The normalized spacial score (nSPS) is 11.6. The summed E-state index contributed by atoms with van der Waals surface area (Å²) in [5.41, 5.74) is -13.5. The number of hydrogen-bond acceptors (Lipinski definition) is 1. The fraction of sp³-hybridized carbons (Fsp3) is 0.0882. The van der Waals surface area contributed by atoms with Crippen molar-refractivity contribution in [3.05, 3.63) is 152 Å². The number of halogens is 20. The molecule has 0 heterocycles. The first-order chi connectivity index (χ1) is 26.4. The Morgan fingerprint density at radius 2 is 0.561 bits per heavy atom. The Labute approximate surface area is 308 Å². The van der Waals surface area contributed by atoms with Crippen LogP contribution in [0, 0.1) is 116 Å². The summed E-state index contributed by atoms with van der Waals surface area (Å²) >= 11 is 0.885. The molecule has 1 nitrogen and oxygen atoms in total. The highest BCUT2D eigenvalue weighted by molar-refractivity contribution is 7.95. The van der Waals surface area contributed by atoms with Crippen molar-refractivity contribution in [2.24, 2.45) is 0 Å². The van der Waals surface area contributed by atoms with E-state index in [1.807, 2.05) is 44.2 Å². The number of thiol groups is 1. The van der Waals surface area contributed by atoms with Crippen molar-refractivity contribution in [2.45, 2.75) is 19.1 Å². The maximum absolute atomic E-state index is 15.4. The summed E-state index contributed by atoms with van der Waals surface area (Å²) in [6.07, 6.45) is -7.22. The Hall–Kier alpha value is -5.22. The molecule has 0 aliphatic heterocycles. The molecule has 57 heavy (non-hydrogen) atoms. The summed E-state index contributed by atoms with van der Waals surface area (Å²) < 4.78 is 294. The van der Waals surface area contributed by atoms with Gasteiger partial charge in [-0.2, -0.15) is 0 Å². The number of benzene rings is 5. The Kier molecular flexibility index (Phi) is 12.8. The molecule has 0 N–H and O–H groups in total. The maximum atomic E-state index is 15.4. The Morgan fingerprint density at radius 3 is 0.754 bits per heavy atom. The average molecular weight is 860 g/mol. The van der Waals surface area contributed by atoms with Gasteiger partial charge < -0.3 is 0 Å². The number of hydrogen-bond donors (Lipinski definition) is 0. The summed E-state index contributed by atoms with van der Waals surface area (Å²) in [4.78, 5) is 11.4. The Bertz CT molecular complexity index is 2060. The molecule has 23 heteroatoms. The predicted molar refractivity (Wildman–Crippen MR) is 164 cm³/mol. The minimum Gasteiger partial charge on any atom is -0.232 e. The second kappa shape index (κ2) is 16.3. The van der Waals surface area contributed by atoms with Gasteiger partial charge in [0.1, 0.15) is 57.9 Å². The predicted octanol–water partition coefficient (Wildman–Crippen LogP) is 7.90. The number of rotatable bonds is 6. The minimum atomic E-state index is -7.22. The third-order valence-electron chi connectivity index (χ3n) is 8.10. The van der Waals surface area contributed by atoms with E-state index in [9.17, 15) is 57.5 Å². The van der Waals surface area contributed by atoms with E-state index in [-0.39, 0.29) is 5.12 Å². The van der Waals surface area contributed by atoms with Gasteiger partial charge in [-0.25, -0.2) is 92.6 Å². The number of carbonyl (C=O) groups excluding carboxylic acids is 1. The van der Waals surface area contributed by atoms with E-state index in [1.54, 1.807) is 0 Å². The summed E-state index contributed by atoms with van der Waals surface area (Å²) in [5.74, 6) is -71.4. The molecule has 304 valence electrons. The molecule has 0 saturated carbocycles. The second-order valence-electron chi connectivity index (χ2n) is 11.7. The third-order valence-corrected chi connectivity index (χ3v) is 9.11. The molecule has 5 aromatic rings. The van der Waals surface area contributed by atoms with Crippen LogP contribution in [0.15, 0.2) is 30.3 Å². The lowest BCUT2D eigenvalue weighted by Gasteiger charge is -2.44. The van der Waals surface area contributed by atoms with Crippen LogP contribution in [0.3, 0.4) is 0 Å². The van der Waals surface area contributed by atoms with Crippen molar-refractivity contribution in [3.63, 3.8) is 0 Å². The van der Waals surface area contributed by atoms with Gasteiger partial charge >= 0.3 is 5.12 Å². The summed E-state index contributed by atoms with van der Waals surface area (Å²) in [6, 6.07) is 9.42. The van der Waals surface area contributed by atoms with Crippen molar-refractivity contribution < 1.29 is 92.6 Å². The largest absolute Gasteiger partial charge is 0.359 e. The first-order valence-corrected chi connectivity index (χ1v) is 15.9. The van der Waals surface area contributed by atoms with Crippen LogP contribution in [0.4, 0.5) is 87.8 Å². The molecular weight excluding hydrogens is 847 g/mol. The summed E-state index contributed by atoms with van der Waals surface area (Å²) in [7, 11) is 0. The lowest BCUT2D eigenvalue weighted by atomic mass is 9.12. The van der Waals surface area contributed by atoms with Crippen LogP contribution < -0.4 is 21.9 Å². The maximum Gasteiger partial charge on any atom is 0.359 e. The fourth-order valence-corrected chi connectivity index (χ4v) is 6.53. The van der Waals surface area contributed by atoms with E-state index in [0.717, 1.165) is 17.3 Å². The topological polar surface area (TPSA) is 17.1 Å². The van der Waals surface area contributed by atoms with Gasteiger partial charge in [-0.15, -0.1) is 21.9 Å². The quantitative estimate of drug-likeness (QED) is 0.0425. The van der Waals surface area contributed by atoms with Crippen molar-refractivity contribution in [2.75, 3.05) is 0 Å². The lowest BCUT2D eigenvalue weighted by molar-refractivity contribution is 0.108. The van der Waals surface area contributed by atoms with Crippen LogP contribution in [0.1, 0.15) is 24.2 Å². The van der Waals surface area contributed by atoms with E-state index in [0.29, 0.717) is 5.25 Å². The Balaban J connectivity index is 0.000000512. The van der Waals surface area contributed by atoms with Gasteiger partial charge in [0.15, 0.2) is 69.8 Å². The van der Waals surface area contributed by atoms with E-state index in [1.165, 1.54) is 0 Å². The van der Waals surface area contributed by atoms with E-state index >= 15 is 35.1 Å². The molecule has 0 saturated heterocycles. The van der Waals surface area contributed by atoms with Crippen LogP contribution in [0.2, 0.25) is 0 Å². The molecule has 0 bridgehead atoms. The monoisotopic (exact) mass is 860 g/mol. The third kappa shape index (κ3) is 7.07. The zero-order chi connectivity index (χ0) is 43.3. The van der Waals surface area contributed by atoms with Gasteiger partial charge in [-0.1, -0.05) is 18.2 Å². The van der Waals surface area contributed by atoms with Crippen molar-refractivity contribution >= 4 is 44.9 Å². The second-order valence-corrected chi connectivity index (χ2v) is 13.4. The van der Waals surface area contributed by atoms with Gasteiger partial charge in [0, 0.05) is 0 Å². The van der Waals surface area contributed by atoms with Crippen molar-refractivity contribution in [3.8, 4) is 0 Å². The summed E-state index contributed by atoms with van der Waals surface area (Å²) in [6.45, 7) is 4.09. The standard InChI is InChI=1S/C24BF20.C10H12OS/c26-5-1(6(27)14(35)21(42)13(5)34)25(2-7(28)15(36)22(43)16(37)8(2)29,3-9(30)17(38)23(44)18(39)10(3)31)4-11(32)19(40)24(45)20(41)12(4)33;1-8(2)12-10(11)9-6-4-3-5-7-9/h;3-8H,1-2H3/q-1;/p+1. The molecule has 0 spiro atoms. The molecule has 0 aliphatic carbocycles. The molecule has 0 aliphatic rings.